The molecule has 3 aromatic rings. The third-order valence-corrected chi connectivity index (χ3v) is 5.92. The number of fused-ring (bicyclic) bond motifs is 1. The summed E-state index contributed by atoms with van der Waals surface area (Å²) in [5, 5.41) is 3.48. The molecule has 1 atom stereocenters. The number of carbonyl (C=O) groups is 1. The van der Waals surface area contributed by atoms with Gasteiger partial charge in [0.1, 0.15) is 5.75 Å². The van der Waals surface area contributed by atoms with E-state index in [2.05, 4.69) is 62.3 Å². The molecule has 0 saturated heterocycles. The van der Waals surface area contributed by atoms with Crippen LogP contribution in [0.3, 0.4) is 0 Å². The Balaban J connectivity index is 1.68. The molecule has 0 fully saturated rings. The Morgan fingerprint density at radius 3 is 2.68 bits per heavy atom. The minimum atomic E-state index is -0.197. The highest BCUT2D eigenvalue weighted by atomic mass is 32.1. The quantitative estimate of drug-likeness (QED) is 0.513. The SMILES string of the molecule is CCC(C)c1ccc2nc(NC(=O)COc3cc(C)ccc3C(C)C)sc2c1. The van der Waals surface area contributed by atoms with E-state index in [1.807, 2.05) is 19.1 Å². The Hall–Kier alpha value is -2.40. The third kappa shape index (κ3) is 4.71. The molecule has 5 heteroatoms. The van der Waals surface area contributed by atoms with E-state index < -0.39 is 0 Å². The van der Waals surface area contributed by atoms with Gasteiger partial charge in [0.2, 0.25) is 0 Å². The average Bonchev–Trinajstić information content (AvgIpc) is 3.06. The predicted molar refractivity (Wildman–Crippen MR) is 118 cm³/mol. The molecule has 4 nitrogen and oxygen atoms in total. The summed E-state index contributed by atoms with van der Waals surface area (Å²) >= 11 is 1.50. The predicted octanol–water partition coefficient (Wildman–Crippen LogP) is 6.26. The van der Waals surface area contributed by atoms with E-state index >= 15 is 0 Å². The lowest BCUT2D eigenvalue weighted by molar-refractivity contribution is -0.118. The van der Waals surface area contributed by atoms with E-state index in [0.717, 1.165) is 33.5 Å². The maximum Gasteiger partial charge on any atom is 0.264 e. The maximum absolute atomic E-state index is 12.4. The van der Waals surface area contributed by atoms with Gasteiger partial charge in [-0.15, -0.1) is 0 Å². The van der Waals surface area contributed by atoms with E-state index in [4.69, 9.17) is 4.74 Å². The highest BCUT2D eigenvalue weighted by Crippen LogP contribution is 2.30. The van der Waals surface area contributed by atoms with Crippen LogP contribution in [-0.2, 0) is 4.79 Å². The monoisotopic (exact) mass is 396 g/mol. The van der Waals surface area contributed by atoms with Gasteiger partial charge in [0.05, 0.1) is 10.2 Å². The van der Waals surface area contributed by atoms with Crippen molar-refractivity contribution in [3.8, 4) is 5.75 Å². The fraction of sp³-hybridized carbons (Fsp3) is 0.391. The maximum atomic E-state index is 12.4. The van der Waals surface area contributed by atoms with Crippen LogP contribution in [0.2, 0.25) is 0 Å². The second-order valence-corrected chi connectivity index (χ2v) is 8.62. The van der Waals surface area contributed by atoms with Crippen molar-refractivity contribution in [3.05, 3.63) is 53.1 Å². The number of hydrogen-bond donors (Lipinski definition) is 1. The first-order valence-electron chi connectivity index (χ1n) is 9.81. The molecular formula is C23H28N2O2S. The molecule has 1 amide bonds. The second-order valence-electron chi connectivity index (χ2n) is 7.59. The summed E-state index contributed by atoms with van der Waals surface area (Å²) in [4.78, 5) is 16.9. The molecule has 148 valence electrons. The van der Waals surface area contributed by atoms with Crippen LogP contribution in [0.15, 0.2) is 36.4 Å². The first kappa shape index (κ1) is 20.3. The van der Waals surface area contributed by atoms with Crippen LogP contribution in [0.25, 0.3) is 10.2 Å². The number of hydrogen-bond acceptors (Lipinski definition) is 4. The first-order chi connectivity index (χ1) is 13.4. The van der Waals surface area contributed by atoms with Gasteiger partial charge in [-0.1, -0.05) is 57.2 Å². The topological polar surface area (TPSA) is 51.2 Å². The zero-order valence-corrected chi connectivity index (χ0v) is 18.0. The van der Waals surface area contributed by atoms with Crippen molar-refractivity contribution in [1.82, 2.24) is 4.98 Å². The molecule has 1 unspecified atom stereocenters. The number of ether oxygens (including phenoxy) is 1. The fourth-order valence-corrected chi connectivity index (χ4v) is 4.01. The van der Waals surface area contributed by atoms with Crippen molar-refractivity contribution >= 4 is 32.6 Å². The molecule has 0 bridgehead atoms. The Bertz CT molecular complexity index is 978. The van der Waals surface area contributed by atoms with Crippen LogP contribution >= 0.6 is 11.3 Å². The van der Waals surface area contributed by atoms with Gasteiger partial charge < -0.3 is 4.74 Å². The number of rotatable bonds is 7. The molecule has 2 aromatic carbocycles. The van der Waals surface area contributed by atoms with Gasteiger partial charge in [0, 0.05) is 0 Å². The Morgan fingerprint density at radius 1 is 1.18 bits per heavy atom. The van der Waals surface area contributed by atoms with Crippen molar-refractivity contribution in [3.63, 3.8) is 0 Å². The van der Waals surface area contributed by atoms with Gasteiger partial charge in [0.15, 0.2) is 11.7 Å². The lowest BCUT2D eigenvalue weighted by Gasteiger charge is -2.14. The van der Waals surface area contributed by atoms with Crippen LogP contribution in [-0.4, -0.2) is 17.5 Å². The molecule has 0 aliphatic heterocycles. The number of amides is 1. The normalized spacial score (nSPS) is 12.4. The van der Waals surface area contributed by atoms with Crippen molar-refractivity contribution in [2.75, 3.05) is 11.9 Å². The zero-order valence-electron chi connectivity index (χ0n) is 17.2. The second kappa shape index (κ2) is 8.74. The number of carbonyl (C=O) groups excluding carboxylic acids is 1. The van der Waals surface area contributed by atoms with E-state index in [9.17, 15) is 4.79 Å². The number of thiazole rings is 1. The van der Waals surface area contributed by atoms with Crippen LogP contribution in [0.1, 0.15) is 62.6 Å². The number of benzene rings is 2. The van der Waals surface area contributed by atoms with Crippen LogP contribution in [0, 0.1) is 6.92 Å². The van der Waals surface area contributed by atoms with E-state index in [0.29, 0.717) is 17.0 Å². The van der Waals surface area contributed by atoms with Gasteiger partial charge in [-0.2, -0.15) is 0 Å². The lowest BCUT2D eigenvalue weighted by Crippen LogP contribution is -2.20. The molecule has 0 spiro atoms. The van der Waals surface area contributed by atoms with Crippen molar-refractivity contribution < 1.29 is 9.53 Å². The summed E-state index contributed by atoms with van der Waals surface area (Å²) in [5.74, 6) is 1.43. The molecule has 1 heterocycles. The molecule has 1 N–H and O–H groups in total. The molecule has 0 aliphatic rings. The molecule has 0 saturated carbocycles. The Morgan fingerprint density at radius 2 is 1.96 bits per heavy atom. The minimum absolute atomic E-state index is 0.0305. The van der Waals surface area contributed by atoms with Gasteiger partial charge >= 0.3 is 0 Å². The average molecular weight is 397 g/mol. The van der Waals surface area contributed by atoms with Gasteiger partial charge in [-0.05, 0) is 60.1 Å². The number of nitrogens with zero attached hydrogens (tertiary/aromatic N) is 1. The van der Waals surface area contributed by atoms with E-state index in [1.165, 1.54) is 16.9 Å². The number of aryl methyl sites for hydroxylation is 1. The van der Waals surface area contributed by atoms with E-state index in [-0.39, 0.29) is 12.5 Å². The first-order valence-corrected chi connectivity index (χ1v) is 10.6. The fourth-order valence-electron chi connectivity index (χ4n) is 3.08. The van der Waals surface area contributed by atoms with Crippen molar-refractivity contribution in [2.45, 2.75) is 52.9 Å². The lowest BCUT2D eigenvalue weighted by atomic mass is 9.99. The zero-order chi connectivity index (χ0) is 20.3. The molecule has 1 aromatic heterocycles. The summed E-state index contributed by atoms with van der Waals surface area (Å²) < 4.78 is 6.91. The number of aromatic nitrogens is 1. The summed E-state index contributed by atoms with van der Waals surface area (Å²) in [6.45, 7) is 10.6. The van der Waals surface area contributed by atoms with E-state index in [1.54, 1.807) is 0 Å². The van der Waals surface area contributed by atoms with Crippen LogP contribution in [0.4, 0.5) is 5.13 Å². The largest absolute Gasteiger partial charge is 0.483 e. The molecule has 0 aliphatic carbocycles. The summed E-state index contributed by atoms with van der Waals surface area (Å²) in [5.41, 5.74) is 4.44. The van der Waals surface area contributed by atoms with Gasteiger partial charge in [-0.25, -0.2) is 4.98 Å². The minimum Gasteiger partial charge on any atom is -0.483 e. The van der Waals surface area contributed by atoms with Crippen LogP contribution < -0.4 is 10.1 Å². The van der Waals surface area contributed by atoms with Gasteiger partial charge in [-0.3, -0.25) is 10.1 Å². The smallest absolute Gasteiger partial charge is 0.264 e. The highest BCUT2D eigenvalue weighted by Gasteiger charge is 2.13. The molecule has 0 radical (unpaired) electrons. The summed E-state index contributed by atoms with van der Waals surface area (Å²) in [6.07, 6.45) is 1.10. The van der Waals surface area contributed by atoms with Crippen LogP contribution in [0.5, 0.6) is 5.75 Å². The molecule has 3 rings (SSSR count). The summed E-state index contributed by atoms with van der Waals surface area (Å²) in [6, 6.07) is 12.4. The molecule has 28 heavy (non-hydrogen) atoms. The number of anilines is 1. The standard InChI is InChI=1S/C23H28N2O2S/c1-6-16(5)17-8-10-19-21(12-17)28-23(24-19)25-22(26)13-27-20-11-15(4)7-9-18(20)14(2)3/h7-12,14,16H,6,13H2,1-5H3,(H,24,25,26). The summed E-state index contributed by atoms with van der Waals surface area (Å²) in [7, 11) is 0. The Kier molecular flexibility index (Phi) is 6.35. The van der Waals surface area contributed by atoms with Crippen molar-refractivity contribution in [2.24, 2.45) is 0 Å². The van der Waals surface area contributed by atoms with Gasteiger partial charge in [0.25, 0.3) is 5.91 Å². The highest BCUT2D eigenvalue weighted by molar-refractivity contribution is 7.22. The Labute approximate surface area is 171 Å². The number of nitrogens with one attached hydrogen (secondary N) is 1. The molecular weight excluding hydrogens is 368 g/mol. The third-order valence-electron chi connectivity index (χ3n) is 4.99. The van der Waals surface area contributed by atoms with Crippen molar-refractivity contribution in [1.29, 1.82) is 0 Å².